The van der Waals surface area contributed by atoms with E-state index in [0.29, 0.717) is 46.8 Å². The zero-order chi connectivity index (χ0) is 49.0. The predicted molar refractivity (Wildman–Crippen MR) is 275 cm³/mol. The Labute approximate surface area is 414 Å². The van der Waals surface area contributed by atoms with Crippen LogP contribution in [0, 0.1) is 12.7 Å². The van der Waals surface area contributed by atoms with Crippen molar-refractivity contribution in [3.63, 3.8) is 0 Å². The number of hydrogen-bond donors (Lipinski definition) is 0. The third-order valence-corrected chi connectivity index (χ3v) is 14.3. The van der Waals surface area contributed by atoms with Crippen LogP contribution in [0.25, 0.3) is 32.9 Å². The molecule has 0 N–H and O–H groups in total. The fourth-order valence-electron chi connectivity index (χ4n) is 10.7. The topological polar surface area (TPSA) is 104 Å². The van der Waals surface area contributed by atoms with Gasteiger partial charge in [0.1, 0.15) is 41.5 Å². The number of anilines is 1. The lowest BCUT2D eigenvalue weighted by Crippen LogP contribution is -2.50. The number of piperazine rings is 1. The van der Waals surface area contributed by atoms with Crippen molar-refractivity contribution in [3.05, 3.63) is 179 Å². The molecule has 8 aromatic rings. The van der Waals surface area contributed by atoms with Gasteiger partial charge in [-0.05, 0) is 99.2 Å². The van der Waals surface area contributed by atoms with Gasteiger partial charge in [0.15, 0.2) is 5.75 Å². The van der Waals surface area contributed by atoms with E-state index < -0.39 is 11.1 Å². The largest absolute Gasteiger partial charge is 0.486 e. The maximum absolute atomic E-state index is 17.1. The Kier molecular flexibility index (Phi) is 12.0. The maximum atomic E-state index is 17.1. The van der Waals surface area contributed by atoms with Crippen LogP contribution in [0.4, 0.5) is 15.0 Å². The Bertz CT molecular complexity index is 3140. The molecule has 1 amide bonds. The molecule has 12 heteroatoms. The smallest absolute Gasteiger partial charge is 0.410 e. The molecule has 11 rings (SSSR count). The van der Waals surface area contributed by atoms with E-state index in [1.165, 1.54) is 0 Å². The Balaban J connectivity index is 1.17. The van der Waals surface area contributed by atoms with Crippen LogP contribution in [0.2, 0.25) is 0 Å². The number of benzene rings is 6. The molecular weight excluding hydrogens is 892 g/mol. The Morgan fingerprint density at radius 1 is 0.775 bits per heavy atom. The number of rotatable bonds is 14. The number of carbonyl (C=O) groups is 1. The summed E-state index contributed by atoms with van der Waals surface area (Å²) >= 11 is 0. The quantitative estimate of drug-likeness (QED) is 0.0986. The first-order valence-corrected chi connectivity index (χ1v) is 24.7. The first-order valence-electron chi connectivity index (χ1n) is 24.7. The highest BCUT2D eigenvalue weighted by molar-refractivity contribution is 6.06. The van der Waals surface area contributed by atoms with E-state index in [-0.39, 0.29) is 55.2 Å². The second kappa shape index (κ2) is 18.5. The Hall–Kier alpha value is -7.31. The van der Waals surface area contributed by atoms with Crippen molar-refractivity contribution in [1.82, 2.24) is 24.6 Å². The van der Waals surface area contributed by atoms with E-state index in [0.717, 1.165) is 63.4 Å². The molecule has 3 fully saturated rings. The molecule has 6 aromatic carbocycles. The number of likely N-dealkylation sites (tertiary alicyclic amines) is 1. The first kappa shape index (κ1) is 46.1. The average molecular weight is 951 g/mol. The van der Waals surface area contributed by atoms with Crippen LogP contribution in [0.5, 0.6) is 11.8 Å². The average Bonchev–Trinajstić information content (AvgIpc) is 3.82. The van der Waals surface area contributed by atoms with Gasteiger partial charge in [-0.25, -0.2) is 9.18 Å². The number of ether oxygens (including phenoxy) is 4. The van der Waals surface area contributed by atoms with Gasteiger partial charge in [-0.1, -0.05) is 121 Å². The lowest BCUT2D eigenvalue weighted by atomic mass is 9.77. The normalized spacial score (nSPS) is 17.3. The van der Waals surface area contributed by atoms with Crippen LogP contribution >= 0.6 is 0 Å². The third-order valence-electron chi connectivity index (χ3n) is 14.3. The zero-order valence-corrected chi connectivity index (χ0v) is 41.1. The summed E-state index contributed by atoms with van der Waals surface area (Å²) in [7, 11) is 1.65. The SMILES string of the molecule is CO[C@@H](C)COc1nc(N2C[C@@H]3C[C@H]2CN3C(=O)OC(C)(C)C)c2cc(C3CC3)c(-c3c(C)c(F)cc4nn(C(c5ccccc5)(c5ccccc5)c5ccccc5)cc34)c(OCc3ccccc3)c2n1. The molecule has 0 spiro atoms. The number of nitrogens with zero attached hydrogens (tertiary/aromatic N) is 6. The van der Waals surface area contributed by atoms with E-state index in [1.54, 1.807) is 13.2 Å². The second-order valence-electron chi connectivity index (χ2n) is 20.3. The van der Waals surface area contributed by atoms with Gasteiger partial charge in [0.05, 0.1) is 23.7 Å². The minimum Gasteiger partial charge on any atom is -0.486 e. The van der Waals surface area contributed by atoms with Gasteiger partial charge in [0, 0.05) is 54.4 Å². The van der Waals surface area contributed by atoms with E-state index in [1.807, 2.05) is 92.7 Å². The number of methoxy groups -OCH3 is 1. The summed E-state index contributed by atoms with van der Waals surface area (Å²) in [5.41, 5.74) is 6.48. The van der Waals surface area contributed by atoms with Crippen molar-refractivity contribution in [3.8, 4) is 22.9 Å². The van der Waals surface area contributed by atoms with Crippen molar-refractivity contribution in [1.29, 1.82) is 0 Å². The Morgan fingerprint density at radius 2 is 1.39 bits per heavy atom. The van der Waals surface area contributed by atoms with E-state index in [4.69, 9.17) is 34.0 Å². The van der Waals surface area contributed by atoms with Gasteiger partial charge in [0.2, 0.25) is 0 Å². The summed E-state index contributed by atoms with van der Waals surface area (Å²) in [6, 6.07) is 45.1. The lowest BCUT2D eigenvalue weighted by molar-refractivity contribution is 0.0214. The number of aromatic nitrogens is 4. The number of hydrogen-bond acceptors (Lipinski definition) is 9. The second-order valence-corrected chi connectivity index (χ2v) is 20.3. The van der Waals surface area contributed by atoms with Gasteiger partial charge in [-0.2, -0.15) is 15.1 Å². The molecule has 2 aliphatic heterocycles. The number of halogens is 1. The Morgan fingerprint density at radius 3 is 1.96 bits per heavy atom. The summed E-state index contributed by atoms with van der Waals surface area (Å²) in [6.07, 6.45) is 4.23. The molecule has 2 aromatic heterocycles. The summed E-state index contributed by atoms with van der Waals surface area (Å²) in [4.78, 5) is 28.0. The van der Waals surface area contributed by atoms with Crippen LogP contribution in [-0.2, 0) is 21.6 Å². The van der Waals surface area contributed by atoms with Crippen molar-refractivity contribution in [2.75, 3.05) is 31.7 Å². The van der Waals surface area contributed by atoms with E-state index in [2.05, 4.69) is 90.0 Å². The van der Waals surface area contributed by atoms with Gasteiger partial charge >= 0.3 is 12.1 Å². The molecule has 0 radical (unpaired) electrons. The van der Waals surface area contributed by atoms with E-state index >= 15 is 4.39 Å². The predicted octanol–water partition coefficient (Wildman–Crippen LogP) is 12.0. The standard InChI is InChI=1S/C59H59FN6O5/c1-37(68-6)35-70-56-61-53-47(55(62-56)64-32-45-29-44(64)33-65(45)57(67)71-58(3,4)5)30-46(40-27-28-40)52(54(53)69-36-39-19-11-7-12-20-39)51-38(2)49(60)31-50-48(51)34-66(63-50)59(41-21-13-8-14-22-41,42-23-15-9-16-24-42)43-25-17-10-18-26-43/h7-26,30-31,34,37,40,44-45H,27-29,32-33,35-36H2,1-6H3/t37-,44-,45-/m0/s1. The van der Waals surface area contributed by atoms with Crippen molar-refractivity contribution < 1.29 is 28.1 Å². The monoisotopic (exact) mass is 950 g/mol. The summed E-state index contributed by atoms with van der Waals surface area (Å²) in [5, 5.41) is 6.99. The molecule has 1 aliphatic carbocycles. The fourth-order valence-corrected chi connectivity index (χ4v) is 10.7. The summed E-state index contributed by atoms with van der Waals surface area (Å²) in [6.45, 7) is 10.9. The molecule has 1 saturated carbocycles. The van der Waals surface area contributed by atoms with Crippen molar-refractivity contribution in [2.24, 2.45) is 0 Å². The molecule has 71 heavy (non-hydrogen) atoms. The fraction of sp³-hybridized carbons (Fsp3) is 0.322. The number of carbonyl (C=O) groups excluding carboxylic acids is 1. The summed E-state index contributed by atoms with van der Waals surface area (Å²) < 4.78 is 44.2. The third kappa shape index (κ3) is 8.51. The molecular formula is C59H59FN6O5. The molecule has 11 nitrogen and oxygen atoms in total. The van der Waals surface area contributed by atoms with Crippen molar-refractivity contribution >= 4 is 33.7 Å². The van der Waals surface area contributed by atoms with Crippen LogP contribution < -0.4 is 14.4 Å². The minimum absolute atomic E-state index is 0.0239. The zero-order valence-electron chi connectivity index (χ0n) is 41.1. The molecule has 3 aliphatic rings. The molecule has 2 saturated heterocycles. The highest BCUT2D eigenvalue weighted by Gasteiger charge is 2.48. The highest BCUT2D eigenvalue weighted by atomic mass is 19.1. The van der Waals surface area contributed by atoms with Gasteiger partial charge in [0.25, 0.3) is 0 Å². The van der Waals surface area contributed by atoms with Crippen LogP contribution in [0.1, 0.15) is 86.3 Å². The molecule has 4 heterocycles. The molecule has 2 bridgehead atoms. The minimum atomic E-state index is -0.943. The number of amides is 1. The van der Waals surface area contributed by atoms with E-state index in [9.17, 15) is 4.79 Å². The number of fused-ring (bicyclic) bond motifs is 4. The molecule has 362 valence electrons. The van der Waals surface area contributed by atoms with Gasteiger partial charge in [-0.3, -0.25) is 4.68 Å². The van der Waals surface area contributed by atoms with Crippen molar-refractivity contribution in [2.45, 2.75) is 95.7 Å². The maximum Gasteiger partial charge on any atom is 0.410 e. The van der Waals surface area contributed by atoms with Crippen LogP contribution in [0.3, 0.4) is 0 Å². The first-order chi connectivity index (χ1) is 34.4. The van der Waals surface area contributed by atoms with Gasteiger partial charge in [-0.15, -0.1) is 0 Å². The molecule has 0 unspecified atom stereocenters. The molecule has 3 atom stereocenters. The van der Waals surface area contributed by atoms with Crippen LogP contribution in [0.15, 0.2) is 140 Å². The highest BCUT2D eigenvalue weighted by Crippen LogP contribution is 2.54. The summed E-state index contributed by atoms with van der Waals surface area (Å²) in [5.74, 6) is 1.02. The van der Waals surface area contributed by atoms with Crippen LogP contribution in [-0.4, -0.2) is 81.3 Å². The lowest BCUT2D eigenvalue weighted by Gasteiger charge is -2.36. The van der Waals surface area contributed by atoms with Gasteiger partial charge < -0.3 is 28.7 Å².